The Morgan fingerprint density at radius 3 is 1.59 bits per heavy atom. The van der Waals surface area contributed by atoms with Gasteiger partial charge in [0.15, 0.2) is 0 Å². The molecule has 0 N–H and O–H groups in total. The summed E-state index contributed by atoms with van der Waals surface area (Å²) in [5.74, 6) is 0.723. The van der Waals surface area contributed by atoms with Gasteiger partial charge in [-0.05, 0) is 18.6 Å². The molecule has 0 amide bonds. The monoisotopic (exact) mass is 371 g/mol. The maximum Gasteiger partial charge on any atom is 0.137 e. The molecule has 0 saturated heterocycles. The van der Waals surface area contributed by atoms with Crippen LogP contribution in [0, 0.1) is 11.3 Å². The van der Waals surface area contributed by atoms with E-state index in [0.717, 1.165) is 18.8 Å². The van der Waals surface area contributed by atoms with E-state index in [9.17, 15) is 0 Å². The van der Waals surface area contributed by atoms with Crippen molar-refractivity contribution in [1.29, 1.82) is 5.26 Å². The number of nitrogens with zero attached hydrogens (tertiary/aromatic N) is 1. The van der Waals surface area contributed by atoms with Gasteiger partial charge in [0.1, 0.15) is 11.8 Å². The Morgan fingerprint density at radius 2 is 1.11 bits per heavy atom. The molecule has 1 aromatic rings. The van der Waals surface area contributed by atoms with Gasteiger partial charge in [0.25, 0.3) is 0 Å². The van der Waals surface area contributed by atoms with Crippen molar-refractivity contribution >= 4 is 0 Å². The van der Waals surface area contributed by atoms with Crippen LogP contribution in [0.25, 0.3) is 0 Å². The highest BCUT2D eigenvalue weighted by atomic mass is 16.5. The van der Waals surface area contributed by atoms with Crippen LogP contribution in [0.2, 0.25) is 0 Å². The molecule has 0 fully saturated rings. The summed E-state index contributed by atoms with van der Waals surface area (Å²) in [5, 5.41) is 9.03. The molecule has 0 aliphatic heterocycles. The molecule has 0 aliphatic rings. The van der Waals surface area contributed by atoms with Gasteiger partial charge in [-0.2, -0.15) is 5.26 Å². The minimum absolute atomic E-state index is 0.633. The second kappa shape index (κ2) is 17.9. The van der Waals surface area contributed by atoms with Crippen molar-refractivity contribution in [1.82, 2.24) is 0 Å². The summed E-state index contributed by atoms with van der Waals surface area (Å²) in [6.07, 6.45) is 22.1. The Balaban J connectivity index is 1.79. The average Bonchev–Trinajstić information content (AvgIpc) is 2.70. The second-order valence-corrected chi connectivity index (χ2v) is 7.76. The molecular formula is C25H41NO. The predicted molar refractivity (Wildman–Crippen MR) is 116 cm³/mol. The molecule has 0 aromatic heterocycles. The lowest BCUT2D eigenvalue weighted by Crippen LogP contribution is -1.98. The summed E-state index contributed by atoms with van der Waals surface area (Å²) in [6.45, 7) is 3.00. The fraction of sp³-hybridized carbons (Fsp3) is 0.720. The Labute approximate surface area is 168 Å². The quantitative estimate of drug-likeness (QED) is 0.244. The SMILES string of the molecule is CCCCCCCCCCCCCCCCCCOc1ccccc1C#N. The Hall–Kier alpha value is -1.49. The van der Waals surface area contributed by atoms with Crippen molar-refractivity contribution in [2.24, 2.45) is 0 Å². The van der Waals surface area contributed by atoms with Crippen LogP contribution in [-0.2, 0) is 0 Å². The van der Waals surface area contributed by atoms with E-state index in [-0.39, 0.29) is 0 Å². The lowest BCUT2D eigenvalue weighted by Gasteiger charge is -2.07. The molecule has 0 saturated carbocycles. The van der Waals surface area contributed by atoms with Crippen molar-refractivity contribution in [2.75, 3.05) is 6.61 Å². The largest absolute Gasteiger partial charge is 0.492 e. The molecule has 1 rings (SSSR count). The molecule has 0 atom stereocenters. The maximum atomic E-state index is 9.03. The van der Waals surface area contributed by atoms with Gasteiger partial charge < -0.3 is 4.74 Å². The highest BCUT2D eigenvalue weighted by molar-refractivity contribution is 5.42. The number of hydrogen-bond donors (Lipinski definition) is 0. The first-order chi connectivity index (χ1) is 13.4. The minimum atomic E-state index is 0.633. The van der Waals surface area contributed by atoms with Crippen LogP contribution < -0.4 is 4.74 Å². The summed E-state index contributed by atoms with van der Waals surface area (Å²) in [5.41, 5.74) is 0.633. The highest BCUT2D eigenvalue weighted by Crippen LogP contribution is 2.17. The van der Waals surface area contributed by atoms with Crippen LogP contribution in [0.3, 0.4) is 0 Å². The fourth-order valence-electron chi connectivity index (χ4n) is 3.52. The van der Waals surface area contributed by atoms with E-state index < -0.39 is 0 Å². The zero-order valence-corrected chi connectivity index (χ0v) is 17.7. The van der Waals surface area contributed by atoms with Gasteiger partial charge in [-0.1, -0.05) is 115 Å². The molecule has 0 radical (unpaired) electrons. The predicted octanol–water partition coefficient (Wildman–Crippen LogP) is 8.20. The topological polar surface area (TPSA) is 33.0 Å². The number of rotatable bonds is 18. The summed E-state index contributed by atoms with van der Waals surface area (Å²) >= 11 is 0. The van der Waals surface area contributed by atoms with E-state index in [0.29, 0.717) is 5.56 Å². The number of nitriles is 1. The molecule has 1 aromatic carbocycles. The van der Waals surface area contributed by atoms with Crippen molar-refractivity contribution in [3.63, 3.8) is 0 Å². The summed E-state index contributed by atoms with van der Waals surface area (Å²) in [7, 11) is 0. The van der Waals surface area contributed by atoms with Gasteiger partial charge in [0.05, 0.1) is 12.2 Å². The smallest absolute Gasteiger partial charge is 0.137 e. The molecule has 0 bridgehead atoms. The summed E-state index contributed by atoms with van der Waals surface area (Å²) < 4.78 is 5.72. The molecule has 2 heteroatoms. The Kier molecular flexibility index (Phi) is 15.6. The van der Waals surface area contributed by atoms with Crippen molar-refractivity contribution in [3.8, 4) is 11.8 Å². The molecule has 0 aliphatic carbocycles. The first kappa shape index (κ1) is 23.5. The third-order valence-electron chi connectivity index (χ3n) is 5.26. The van der Waals surface area contributed by atoms with Crippen LogP contribution in [0.15, 0.2) is 24.3 Å². The lowest BCUT2D eigenvalue weighted by molar-refractivity contribution is 0.303. The van der Waals surface area contributed by atoms with E-state index in [2.05, 4.69) is 13.0 Å². The number of para-hydroxylation sites is 1. The number of ether oxygens (including phenoxy) is 1. The van der Waals surface area contributed by atoms with E-state index in [1.165, 1.54) is 96.3 Å². The van der Waals surface area contributed by atoms with Crippen molar-refractivity contribution in [3.05, 3.63) is 29.8 Å². The molecule has 0 unspecified atom stereocenters. The average molecular weight is 372 g/mol. The molecule has 27 heavy (non-hydrogen) atoms. The van der Waals surface area contributed by atoms with Gasteiger partial charge in [0.2, 0.25) is 0 Å². The summed E-state index contributed by atoms with van der Waals surface area (Å²) in [4.78, 5) is 0. The zero-order chi connectivity index (χ0) is 19.4. The molecule has 0 spiro atoms. The van der Waals surface area contributed by atoms with Gasteiger partial charge in [0, 0.05) is 0 Å². The van der Waals surface area contributed by atoms with Gasteiger partial charge in [-0.3, -0.25) is 0 Å². The molecule has 0 heterocycles. The van der Waals surface area contributed by atoms with E-state index >= 15 is 0 Å². The minimum Gasteiger partial charge on any atom is -0.492 e. The first-order valence-electron chi connectivity index (χ1n) is 11.5. The van der Waals surface area contributed by atoms with Gasteiger partial charge >= 0.3 is 0 Å². The molecule has 2 nitrogen and oxygen atoms in total. The van der Waals surface area contributed by atoms with Crippen LogP contribution in [0.1, 0.15) is 115 Å². The second-order valence-electron chi connectivity index (χ2n) is 7.76. The first-order valence-corrected chi connectivity index (χ1v) is 11.5. The van der Waals surface area contributed by atoms with Crippen molar-refractivity contribution < 1.29 is 4.74 Å². The Morgan fingerprint density at radius 1 is 0.667 bits per heavy atom. The van der Waals surface area contributed by atoms with Crippen LogP contribution in [0.5, 0.6) is 5.75 Å². The van der Waals surface area contributed by atoms with Gasteiger partial charge in [-0.25, -0.2) is 0 Å². The van der Waals surface area contributed by atoms with Crippen LogP contribution in [-0.4, -0.2) is 6.61 Å². The van der Waals surface area contributed by atoms with E-state index in [4.69, 9.17) is 10.00 Å². The molecule has 152 valence electrons. The summed E-state index contributed by atoms with van der Waals surface area (Å²) in [6, 6.07) is 9.66. The number of hydrogen-bond acceptors (Lipinski definition) is 2. The maximum absolute atomic E-state index is 9.03. The zero-order valence-electron chi connectivity index (χ0n) is 17.7. The number of benzene rings is 1. The normalized spacial score (nSPS) is 10.7. The third kappa shape index (κ3) is 13.3. The third-order valence-corrected chi connectivity index (χ3v) is 5.26. The fourth-order valence-corrected chi connectivity index (χ4v) is 3.52. The Bertz CT molecular complexity index is 491. The lowest BCUT2D eigenvalue weighted by atomic mass is 10.0. The van der Waals surface area contributed by atoms with Crippen LogP contribution in [0.4, 0.5) is 0 Å². The molecular weight excluding hydrogens is 330 g/mol. The standard InChI is InChI=1S/C25H41NO/c1-2-3-4-5-6-7-8-9-10-11-12-13-14-15-16-19-22-27-25-21-18-17-20-24(25)23-26/h17-18,20-21H,2-16,19,22H2,1H3. The highest BCUT2D eigenvalue weighted by Gasteiger charge is 2.01. The van der Waals surface area contributed by atoms with Crippen molar-refractivity contribution in [2.45, 2.75) is 110 Å². The van der Waals surface area contributed by atoms with Gasteiger partial charge in [-0.15, -0.1) is 0 Å². The van der Waals surface area contributed by atoms with Crippen LogP contribution >= 0.6 is 0 Å². The van der Waals surface area contributed by atoms with E-state index in [1.54, 1.807) is 0 Å². The number of unbranched alkanes of at least 4 members (excludes halogenated alkanes) is 15. The van der Waals surface area contributed by atoms with E-state index in [1.807, 2.05) is 24.3 Å².